The van der Waals surface area contributed by atoms with E-state index in [2.05, 4.69) is 15.0 Å². The van der Waals surface area contributed by atoms with Gasteiger partial charge in [-0.2, -0.15) is 0 Å². The quantitative estimate of drug-likeness (QED) is 0.676. The molecule has 0 saturated heterocycles. The predicted molar refractivity (Wildman–Crippen MR) is 91.3 cm³/mol. The van der Waals surface area contributed by atoms with E-state index in [1.165, 1.54) is 12.1 Å². The third-order valence-electron chi connectivity index (χ3n) is 3.45. The van der Waals surface area contributed by atoms with Crippen LogP contribution in [0.2, 0.25) is 0 Å². The minimum absolute atomic E-state index is 0.142. The lowest BCUT2D eigenvalue weighted by Crippen LogP contribution is -2.34. The predicted octanol–water partition coefficient (Wildman–Crippen LogP) is 2.68. The number of carboxylic acids is 1. The van der Waals surface area contributed by atoms with Crippen LogP contribution in [0, 0.1) is 17.6 Å². The minimum atomic E-state index is -4.07. The number of nitrogens with zero attached hydrogens (tertiary/aromatic N) is 1. The summed E-state index contributed by atoms with van der Waals surface area (Å²) in [6.07, 6.45) is 1.03. The zero-order valence-electron chi connectivity index (χ0n) is 13.9. The molecule has 2 aromatic rings. The number of hydrogen-bond acceptors (Lipinski definition) is 5. The topological polar surface area (TPSA) is 108 Å². The molecule has 0 spiro atoms. The monoisotopic (exact) mass is 385 g/mol. The second-order valence-electron chi connectivity index (χ2n) is 5.82. The van der Waals surface area contributed by atoms with E-state index in [9.17, 15) is 22.0 Å². The van der Waals surface area contributed by atoms with Crippen molar-refractivity contribution >= 4 is 27.5 Å². The summed E-state index contributed by atoms with van der Waals surface area (Å²) in [5.74, 6) is -3.36. The van der Waals surface area contributed by atoms with E-state index in [0.29, 0.717) is 0 Å². The summed E-state index contributed by atoms with van der Waals surface area (Å²) in [6.45, 7) is 3.44. The van der Waals surface area contributed by atoms with Crippen molar-refractivity contribution in [2.75, 3.05) is 10.0 Å². The number of carbonyl (C=O) groups is 1. The van der Waals surface area contributed by atoms with E-state index in [0.717, 1.165) is 24.4 Å². The largest absolute Gasteiger partial charge is 0.480 e. The fourth-order valence-corrected chi connectivity index (χ4v) is 3.07. The van der Waals surface area contributed by atoms with E-state index in [1.54, 1.807) is 13.8 Å². The van der Waals surface area contributed by atoms with Crippen LogP contribution in [0.3, 0.4) is 0 Å². The first-order chi connectivity index (χ1) is 12.1. The van der Waals surface area contributed by atoms with Crippen LogP contribution in [0.15, 0.2) is 41.4 Å². The minimum Gasteiger partial charge on any atom is -0.480 e. The molecule has 0 bridgehead atoms. The number of aromatic nitrogens is 1. The number of carboxylic acid groups (broad SMARTS) is 1. The summed E-state index contributed by atoms with van der Waals surface area (Å²) >= 11 is 0. The number of nitrogens with one attached hydrogen (secondary N) is 2. The molecule has 140 valence electrons. The van der Waals surface area contributed by atoms with E-state index in [4.69, 9.17) is 5.11 Å². The highest BCUT2D eigenvalue weighted by Gasteiger charge is 2.22. The van der Waals surface area contributed by atoms with Crippen molar-refractivity contribution < 1.29 is 27.1 Å². The third-order valence-corrected chi connectivity index (χ3v) is 4.82. The van der Waals surface area contributed by atoms with Crippen molar-refractivity contribution in [3.05, 3.63) is 48.2 Å². The van der Waals surface area contributed by atoms with Crippen molar-refractivity contribution in [2.24, 2.45) is 5.92 Å². The van der Waals surface area contributed by atoms with Crippen molar-refractivity contribution in [1.82, 2.24) is 4.98 Å². The number of aliphatic carboxylic acids is 1. The fourth-order valence-electron chi connectivity index (χ4n) is 2.07. The standard InChI is InChI=1S/C16H17F2N3O4S/c1-9(2)15(16(22)23)20-14-6-4-11(8-19-14)26(24,25)21-10-3-5-12(17)13(18)7-10/h3-9,15,21H,1-2H3,(H,19,20)(H,22,23)/t15-/m1/s1. The van der Waals surface area contributed by atoms with Gasteiger partial charge >= 0.3 is 5.97 Å². The van der Waals surface area contributed by atoms with E-state index in [1.807, 2.05) is 0 Å². The Kier molecular flexibility index (Phi) is 5.76. The molecule has 0 fully saturated rings. The van der Waals surface area contributed by atoms with E-state index < -0.39 is 33.7 Å². The molecule has 0 amide bonds. The summed E-state index contributed by atoms with van der Waals surface area (Å²) in [5, 5.41) is 11.8. The molecule has 0 radical (unpaired) electrons. The Balaban J connectivity index is 2.18. The van der Waals surface area contributed by atoms with Gasteiger partial charge in [-0.25, -0.2) is 27.0 Å². The maximum absolute atomic E-state index is 13.2. The molecule has 0 saturated carbocycles. The van der Waals surface area contributed by atoms with Gasteiger partial charge in [0.05, 0.1) is 5.69 Å². The summed E-state index contributed by atoms with van der Waals surface area (Å²) in [4.78, 5) is 14.8. The summed E-state index contributed by atoms with van der Waals surface area (Å²) in [5.41, 5.74) is -0.142. The highest BCUT2D eigenvalue weighted by molar-refractivity contribution is 7.92. The number of anilines is 2. The van der Waals surface area contributed by atoms with Crippen LogP contribution in [-0.2, 0) is 14.8 Å². The number of benzene rings is 1. The molecule has 0 aliphatic rings. The number of halogens is 2. The molecule has 0 aliphatic carbocycles. The maximum Gasteiger partial charge on any atom is 0.326 e. The second-order valence-corrected chi connectivity index (χ2v) is 7.50. The van der Waals surface area contributed by atoms with Crippen LogP contribution in [-0.4, -0.2) is 30.5 Å². The number of rotatable bonds is 7. The molecule has 1 aromatic heterocycles. The van der Waals surface area contributed by atoms with Crippen LogP contribution >= 0.6 is 0 Å². The van der Waals surface area contributed by atoms with E-state index >= 15 is 0 Å². The highest BCUT2D eigenvalue weighted by Crippen LogP contribution is 2.19. The lowest BCUT2D eigenvalue weighted by atomic mass is 10.1. The summed E-state index contributed by atoms with van der Waals surface area (Å²) in [7, 11) is -4.07. The molecular formula is C16H17F2N3O4S. The Labute approximate surface area is 149 Å². The molecule has 0 unspecified atom stereocenters. The van der Waals surface area contributed by atoms with Gasteiger partial charge in [0.25, 0.3) is 10.0 Å². The average Bonchev–Trinajstić information content (AvgIpc) is 2.55. The van der Waals surface area contributed by atoms with Gasteiger partial charge in [-0.1, -0.05) is 13.8 Å². The number of pyridine rings is 1. The molecule has 3 N–H and O–H groups in total. The molecule has 7 nitrogen and oxygen atoms in total. The second kappa shape index (κ2) is 7.65. The molecule has 1 aromatic carbocycles. The smallest absolute Gasteiger partial charge is 0.326 e. The van der Waals surface area contributed by atoms with Crippen molar-refractivity contribution in [2.45, 2.75) is 24.8 Å². The van der Waals surface area contributed by atoms with Crippen LogP contribution in [0.4, 0.5) is 20.3 Å². The molecular weight excluding hydrogens is 368 g/mol. The first-order valence-corrected chi connectivity index (χ1v) is 9.02. The molecule has 1 atom stereocenters. The van der Waals surface area contributed by atoms with Gasteiger partial charge in [-0.3, -0.25) is 4.72 Å². The summed E-state index contributed by atoms with van der Waals surface area (Å²) in [6, 6.07) is 4.26. The Morgan fingerprint density at radius 2 is 1.85 bits per heavy atom. The van der Waals surface area contributed by atoms with Gasteiger partial charge in [0, 0.05) is 12.3 Å². The zero-order chi connectivity index (χ0) is 19.5. The number of sulfonamides is 1. The third kappa shape index (κ3) is 4.66. The van der Waals surface area contributed by atoms with Gasteiger partial charge in [0.15, 0.2) is 11.6 Å². The van der Waals surface area contributed by atoms with E-state index in [-0.39, 0.29) is 22.3 Å². The maximum atomic E-state index is 13.2. The Hall–Kier alpha value is -2.75. The first-order valence-electron chi connectivity index (χ1n) is 7.53. The van der Waals surface area contributed by atoms with Crippen LogP contribution in [0.25, 0.3) is 0 Å². The molecule has 26 heavy (non-hydrogen) atoms. The van der Waals surface area contributed by atoms with Crippen molar-refractivity contribution in [3.8, 4) is 0 Å². The SMILES string of the molecule is CC(C)[C@@H](Nc1ccc(S(=O)(=O)Nc2ccc(F)c(F)c2)cn1)C(=O)O. The normalized spacial score (nSPS) is 12.7. The van der Waals surface area contributed by atoms with Gasteiger partial charge in [-0.05, 0) is 30.2 Å². The van der Waals surface area contributed by atoms with Crippen molar-refractivity contribution in [1.29, 1.82) is 0 Å². The Bertz CT molecular complexity index is 902. The Morgan fingerprint density at radius 1 is 1.15 bits per heavy atom. The van der Waals surface area contributed by atoms with Gasteiger partial charge in [0.2, 0.25) is 0 Å². The van der Waals surface area contributed by atoms with Gasteiger partial charge in [0.1, 0.15) is 16.8 Å². The zero-order valence-corrected chi connectivity index (χ0v) is 14.7. The molecule has 2 rings (SSSR count). The lowest BCUT2D eigenvalue weighted by Gasteiger charge is -2.18. The van der Waals surface area contributed by atoms with Crippen LogP contribution in [0.5, 0.6) is 0 Å². The van der Waals surface area contributed by atoms with Gasteiger partial charge < -0.3 is 10.4 Å². The average molecular weight is 385 g/mol. The molecule has 10 heteroatoms. The molecule has 0 aliphatic heterocycles. The lowest BCUT2D eigenvalue weighted by molar-refractivity contribution is -0.138. The Morgan fingerprint density at radius 3 is 2.35 bits per heavy atom. The van der Waals surface area contributed by atoms with Crippen molar-refractivity contribution in [3.63, 3.8) is 0 Å². The first kappa shape index (κ1) is 19.6. The molecule has 1 heterocycles. The fraction of sp³-hybridized carbons (Fsp3) is 0.250. The van der Waals surface area contributed by atoms with Crippen LogP contribution < -0.4 is 10.0 Å². The van der Waals surface area contributed by atoms with Crippen LogP contribution in [0.1, 0.15) is 13.8 Å². The number of hydrogen-bond donors (Lipinski definition) is 3. The highest BCUT2D eigenvalue weighted by atomic mass is 32.2. The van der Waals surface area contributed by atoms with Gasteiger partial charge in [-0.15, -0.1) is 0 Å². The summed E-state index contributed by atoms with van der Waals surface area (Å²) < 4.78 is 52.7.